The molecular formula is C22H29N3. The Morgan fingerprint density at radius 3 is 2.68 bits per heavy atom. The Balaban J connectivity index is 2.10. The summed E-state index contributed by atoms with van der Waals surface area (Å²) in [6, 6.07) is 11.1. The number of nitrogens with two attached hydrogens (primary N) is 1. The zero-order valence-corrected chi connectivity index (χ0v) is 15.6. The van der Waals surface area contributed by atoms with Crippen molar-refractivity contribution in [2.45, 2.75) is 52.4 Å². The van der Waals surface area contributed by atoms with E-state index in [2.05, 4.69) is 61.1 Å². The monoisotopic (exact) mass is 335 g/mol. The molecule has 0 aliphatic heterocycles. The van der Waals surface area contributed by atoms with Gasteiger partial charge in [-0.25, -0.2) is 0 Å². The van der Waals surface area contributed by atoms with Crippen molar-refractivity contribution < 1.29 is 0 Å². The van der Waals surface area contributed by atoms with Crippen LogP contribution in [0.3, 0.4) is 0 Å². The maximum absolute atomic E-state index is 5.71. The highest BCUT2D eigenvalue weighted by atomic mass is 14.8. The maximum atomic E-state index is 5.71. The molecule has 25 heavy (non-hydrogen) atoms. The molecule has 3 rings (SSSR count). The molecule has 0 aliphatic rings. The quantitative estimate of drug-likeness (QED) is 0.573. The van der Waals surface area contributed by atoms with Crippen molar-refractivity contribution in [2.75, 3.05) is 6.54 Å². The van der Waals surface area contributed by atoms with E-state index in [-0.39, 0.29) is 0 Å². The third kappa shape index (κ3) is 3.77. The van der Waals surface area contributed by atoms with Crippen molar-refractivity contribution in [1.82, 2.24) is 9.97 Å². The number of pyridine rings is 1. The fraction of sp³-hybridized carbons (Fsp3) is 0.409. The predicted octanol–water partition coefficient (Wildman–Crippen LogP) is 5.33. The first-order valence-electron chi connectivity index (χ1n) is 9.41. The fourth-order valence-corrected chi connectivity index (χ4v) is 3.35. The van der Waals surface area contributed by atoms with Crippen molar-refractivity contribution in [3.05, 3.63) is 53.2 Å². The lowest BCUT2D eigenvalue weighted by Crippen LogP contribution is -1.99. The molecule has 0 saturated heterocycles. The molecule has 3 nitrogen and oxygen atoms in total. The molecule has 0 bridgehead atoms. The zero-order valence-electron chi connectivity index (χ0n) is 15.6. The van der Waals surface area contributed by atoms with E-state index < -0.39 is 0 Å². The number of hydrogen-bond acceptors (Lipinski definition) is 2. The van der Waals surface area contributed by atoms with Crippen molar-refractivity contribution in [2.24, 2.45) is 5.73 Å². The van der Waals surface area contributed by atoms with Gasteiger partial charge in [0.1, 0.15) is 0 Å². The number of nitrogens with zero attached hydrogens (tertiary/aromatic N) is 1. The summed E-state index contributed by atoms with van der Waals surface area (Å²) in [5, 5.41) is 1.34. The second-order valence-corrected chi connectivity index (χ2v) is 7.06. The summed E-state index contributed by atoms with van der Waals surface area (Å²) >= 11 is 0. The minimum atomic E-state index is 0.581. The van der Waals surface area contributed by atoms with Crippen LogP contribution in [0, 0.1) is 6.92 Å². The molecule has 0 radical (unpaired) electrons. The Kier molecular flexibility index (Phi) is 5.54. The number of H-pyrrole nitrogens is 1. The van der Waals surface area contributed by atoms with Crippen LogP contribution in [-0.4, -0.2) is 16.5 Å². The first-order valence-corrected chi connectivity index (χ1v) is 9.41. The van der Waals surface area contributed by atoms with Gasteiger partial charge in [-0.1, -0.05) is 26.0 Å². The number of fused-ring (bicyclic) bond motifs is 1. The molecule has 1 aromatic carbocycles. The summed E-state index contributed by atoms with van der Waals surface area (Å²) in [4.78, 5) is 8.27. The smallest absolute Gasteiger partial charge is 0.0867 e. The second-order valence-electron chi connectivity index (χ2n) is 7.06. The number of nitrogens with one attached hydrogen (secondary N) is 1. The fourth-order valence-electron chi connectivity index (χ4n) is 3.35. The van der Waals surface area contributed by atoms with E-state index in [0.29, 0.717) is 5.92 Å². The Morgan fingerprint density at radius 1 is 1.16 bits per heavy atom. The number of rotatable bonds is 7. The molecule has 2 heterocycles. The largest absolute Gasteiger partial charge is 0.353 e. The molecule has 1 atom stereocenters. The van der Waals surface area contributed by atoms with E-state index in [1.165, 1.54) is 27.6 Å². The molecule has 0 aliphatic carbocycles. The summed E-state index contributed by atoms with van der Waals surface area (Å²) < 4.78 is 0. The van der Waals surface area contributed by atoms with E-state index in [1.54, 1.807) is 0 Å². The molecule has 3 heteroatoms. The van der Waals surface area contributed by atoms with E-state index in [4.69, 9.17) is 5.73 Å². The molecule has 0 saturated carbocycles. The number of hydrogen-bond donors (Lipinski definition) is 2. The summed E-state index contributed by atoms with van der Waals surface area (Å²) in [6.45, 7) is 7.36. The van der Waals surface area contributed by atoms with Gasteiger partial charge in [0.15, 0.2) is 0 Å². The van der Waals surface area contributed by atoms with Gasteiger partial charge in [-0.15, -0.1) is 0 Å². The van der Waals surface area contributed by atoms with Crippen molar-refractivity contribution in [3.8, 4) is 11.4 Å². The average molecular weight is 335 g/mol. The van der Waals surface area contributed by atoms with E-state index in [9.17, 15) is 0 Å². The predicted molar refractivity (Wildman–Crippen MR) is 107 cm³/mol. The van der Waals surface area contributed by atoms with Crippen LogP contribution in [0.2, 0.25) is 0 Å². The van der Waals surface area contributed by atoms with Crippen LogP contribution >= 0.6 is 0 Å². The van der Waals surface area contributed by atoms with E-state index >= 15 is 0 Å². The van der Waals surface area contributed by atoms with Crippen molar-refractivity contribution in [1.29, 1.82) is 0 Å². The minimum absolute atomic E-state index is 0.581. The topological polar surface area (TPSA) is 54.7 Å². The van der Waals surface area contributed by atoms with Crippen LogP contribution in [0.25, 0.3) is 22.3 Å². The zero-order chi connectivity index (χ0) is 17.8. The van der Waals surface area contributed by atoms with Crippen LogP contribution in [-0.2, 0) is 6.42 Å². The van der Waals surface area contributed by atoms with Crippen molar-refractivity contribution >= 4 is 10.9 Å². The average Bonchev–Trinajstić information content (AvgIpc) is 3.00. The van der Waals surface area contributed by atoms with E-state index in [1.807, 2.05) is 6.20 Å². The summed E-state index contributed by atoms with van der Waals surface area (Å²) in [5.41, 5.74) is 13.1. The minimum Gasteiger partial charge on any atom is -0.353 e. The van der Waals surface area contributed by atoms with Gasteiger partial charge in [-0.3, -0.25) is 4.98 Å². The summed E-state index contributed by atoms with van der Waals surface area (Å²) in [7, 11) is 0. The van der Waals surface area contributed by atoms with Crippen LogP contribution in [0.5, 0.6) is 0 Å². The number of aryl methyl sites for hydroxylation is 2. The number of unbranched alkanes of at least 4 members (excludes halogenated alkanes) is 1. The highest BCUT2D eigenvalue weighted by molar-refractivity contribution is 5.90. The first-order chi connectivity index (χ1) is 12.1. The van der Waals surface area contributed by atoms with Crippen LogP contribution < -0.4 is 5.73 Å². The van der Waals surface area contributed by atoms with Gasteiger partial charge >= 0.3 is 0 Å². The van der Waals surface area contributed by atoms with Gasteiger partial charge < -0.3 is 10.7 Å². The Bertz CT molecular complexity index is 830. The number of aromatic amines is 1. The Labute approximate surface area is 150 Å². The highest BCUT2D eigenvalue weighted by Gasteiger charge is 2.15. The van der Waals surface area contributed by atoms with E-state index in [0.717, 1.165) is 43.6 Å². The van der Waals surface area contributed by atoms with Gasteiger partial charge in [0.25, 0.3) is 0 Å². The lowest BCUT2D eigenvalue weighted by atomic mass is 9.95. The normalized spacial score (nSPS) is 12.6. The Morgan fingerprint density at radius 2 is 2.00 bits per heavy atom. The lowest BCUT2D eigenvalue weighted by molar-refractivity contribution is 0.734. The second kappa shape index (κ2) is 7.83. The third-order valence-corrected chi connectivity index (χ3v) is 5.16. The SMILES string of the molecule is CCC(C)c1ccc2[nH]c(-c3ccc(C)cn3)c(CCCCN)c2c1. The summed E-state index contributed by atoms with van der Waals surface area (Å²) in [5.74, 6) is 0.581. The molecule has 2 aromatic heterocycles. The van der Waals surface area contributed by atoms with Crippen molar-refractivity contribution in [3.63, 3.8) is 0 Å². The molecule has 3 aromatic rings. The molecule has 0 spiro atoms. The van der Waals surface area contributed by atoms with Crippen LogP contribution in [0.15, 0.2) is 36.5 Å². The standard InChI is InChI=1S/C22H29N3/c1-4-16(3)17-9-11-20-19(13-17)18(7-5-6-12-23)22(25-20)21-10-8-15(2)14-24-21/h8-11,13-14,16,25H,4-7,12,23H2,1-3H3. The highest BCUT2D eigenvalue weighted by Crippen LogP contribution is 2.33. The molecular weight excluding hydrogens is 306 g/mol. The van der Waals surface area contributed by atoms with Gasteiger partial charge in [-0.2, -0.15) is 0 Å². The van der Waals surface area contributed by atoms with Gasteiger partial charge in [0, 0.05) is 17.1 Å². The van der Waals surface area contributed by atoms with Gasteiger partial charge in [0.05, 0.1) is 11.4 Å². The lowest BCUT2D eigenvalue weighted by Gasteiger charge is -2.10. The summed E-state index contributed by atoms with van der Waals surface area (Å²) in [6.07, 6.45) is 6.29. The molecule has 0 amide bonds. The third-order valence-electron chi connectivity index (χ3n) is 5.16. The van der Waals surface area contributed by atoms with Crippen LogP contribution in [0.4, 0.5) is 0 Å². The molecule has 3 N–H and O–H groups in total. The molecule has 132 valence electrons. The van der Waals surface area contributed by atoms with Crippen LogP contribution in [0.1, 0.15) is 55.7 Å². The maximum Gasteiger partial charge on any atom is 0.0867 e. The van der Waals surface area contributed by atoms with Gasteiger partial charge in [-0.05, 0) is 80.0 Å². The number of aromatic nitrogens is 2. The number of benzene rings is 1. The molecule has 0 fully saturated rings. The van der Waals surface area contributed by atoms with Gasteiger partial charge in [0.2, 0.25) is 0 Å². The molecule has 1 unspecified atom stereocenters. The first kappa shape index (κ1) is 17.7. The Hall–Kier alpha value is -2.13.